The minimum Gasteiger partial charge on any atom is -0.488 e. The molecule has 1 heterocycles. The van der Waals surface area contributed by atoms with Crippen molar-refractivity contribution in [1.29, 1.82) is 0 Å². The molecule has 1 saturated heterocycles. The van der Waals surface area contributed by atoms with Gasteiger partial charge in [0.1, 0.15) is 11.4 Å². The van der Waals surface area contributed by atoms with E-state index in [4.69, 9.17) is 4.74 Å². The standard InChI is InChI=1S/C17H26OSi/c1-5-15-8-10-16(11-9-15)18-17(6-2)12-7-13-19(3,4)14-17/h5,8-11H,1,6-7,12-14H2,2-4H3. The average molecular weight is 274 g/mol. The van der Waals surface area contributed by atoms with Crippen LogP contribution in [0.5, 0.6) is 5.75 Å². The topological polar surface area (TPSA) is 9.23 Å². The number of ether oxygens (including phenoxy) is 1. The van der Waals surface area contributed by atoms with Crippen LogP contribution in [0.4, 0.5) is 0 Å². The van der Waals surface area contributed by atoms with Crippen LogP contribution in [-0.4, -0.2) is 13.7 Å². The molecule has 0 saturated carbocycles. The van der Waals surface area contributed by atoms with Crippen LogP contribution in [-0.2, 0) is 0 Å². The molecule has 0 aliphatic carbocycles. The number of hydrogen-bond acceptors (Lipinski definition) is 1. The van der Waals surface area contributed by atoms with Gasteiger partial charge in [-0.3, -0.25) is 0 Å². The van der Waals surface area contributed by atoms with E-state index in [0.717, 1.165) is 17.7 Å². The summed E-state index contributed by atoms with van der Waals surface area (Å²) in [5.41, 5.74) is 1.24. The van der Waals surface area contributed by atoms with Gasteiger partial charge in [0.2, 0.25) is 0 Å². The van der Waals surface area contributed by atoms with Crippen LogP contribution in [0.15, 0.2) is 30.8 Å². The maximum atomic E-state index is 6.43. The molecule has 0 N–H and O–H groups in total. The SMILES string of the molecule is C=Cc1ccc(OC2(CC)CCC[Si](C)(C)C2)cc1. The first-order valence-corrected chi connectivity index (χ1v) is 10.8. The minimum atomic E-state index is -1.06. The van der Waals surface area contributed by atoms with Gasteiger partial charge >= 0.3 is 0 Å². The summed E-state index contributed by atoms with van der Waals surface area (Å²) in [6.07, 6.45) is 5.53. The van der Waals surface area contributed by atoms with E-state index in [1.807, 2.05) is 6.08 Å². The Morgan fingerprint density at radius 2 is 2.00 bits per heavy atom. The van der Waals surface area contributed by atoms with Gasteiger partial charge in [-0.05, 0) is 36.6 Å². The second-order valence-electron chi connectivity index (χ2n) is 6.61. The molecule has 1 aliphatic rings. The lowest BCUT2D eigenvalue weighted by Crippen LogP contribution is -2.47. The molecule has 0 spiro atoms. The predicted molar refractivity (Wildman–Crippen MR) is 86.5 cm³/mol. The summed E-state index contributed by atoms with van der Waals surface area (Å²) in [5.74, 6) is 1.01. The Hall–Kier alpha value is -1.02. The molecule has 2 heteroatoms. The lowest BCUT2D eigenvalue weighted by molar-refractivity contribution is 0.0672. The highest BCUT2D eigenvalue weighted by atomic mass is 28.3. The smallest absolute Gasteiger partial charge is 0.120 e. The number of benzene rings is 1. The molecular weight excluding hydrogens is 248 g/mol. The molecule has 19 heavy (non-hydrogen) atoms. The Morgan fingerprint density at radius 1 is 1.32 bits per heavy atom. The highest BCUT2D eigenvalue weighted by Gasteiger charge is 2.41. The molecule has 1 fully saturated rings. The molecule has 0 amide bonds. The second-order valence-corrected chi connectivity index (χ2v) is 11.8. The summed E-state index contributed by atoms with van der Waals surface area (Å²) in [7, 11) is -1.06. The maximum Gasteiger partial charge on any atom is 0.120 e. The normalized spacial score (nSPS) is 25.8. The summed E-state index contributed by atoms with van der Waals surface area (Å²) in [6.45, 7) is 11.1. The van der Waals surface area contributed by atoms with Gasteiger partial charge in [-0.25, -0.2) is 0 Å². The highest BCUT2D eigenvalue weighted by molar-refractivity contribution is 6.77. The molecule has 1 unspecified atom stereocenters. The van der Waals surface area contributed by atoms with E-state index < -0.39 is 8.07 Å². The first-order valence-electron chi connectivity index (χ1n) is 7.40. The fourth-order valence-corrected chi connectivity index (χ4v) is 6.87. The first-order chi connectivity index (χ1) is 8.99. The van der Waals surface area contributed by atoms with Crippen LogP contribution in [0.2, 0.25) is 25.2 Å². The van der Waals surface area contributed by atoms with E-state index in [1.54, 1.807) is 0 Å². The van der Waals surface area contributed by atoms with Crippen molar-refractivity contribution in [3.05, 3.63) is 36.4 Å². The third-order valence-electron chi connectivity index (χ3n) is 4.38. The molecule has 0 radical (unpaired) electrons. The third-order valence-corrected chi connectivity index (χ3v) is 7.69. The molecule has 0 bridgehead atoms. The molecule has 1 atom stereocenters. The Labute approximate surface area is 118 Å². The fourth-order valence-electron chi connectivity index (χ4n) is 3.32. The maximum absolute atomic E-state index is 6.43. The van der Waals surface area contributed by atoms with Gasteiger partial charge in [-0.1, -0.05) is 57.3 Å². The number of hydrogen-bond donors (Lipinski definition) is 0. The average Bonchev–Trinajstić information content (AvgIpc) is 2.38. The predicted octanol–water partition coefficient (Wildman–Crippen LogP) is 5.36. The van der Waals surface area contributed by atoms with Gasteiger partial charge < -0.3 is 4.74 Å². The van der Waals surface area contributed by atoms with Gasteiger partial charge in [0.15, 0.2) is 0 Å². The Morgan fingerprint density at radius 3 is 2.53 bits per heavy atom. The first kappa shape index (κ1) is 14.4. The van der Waals surface area contributed by atoms with Gasteiger partial charge in [0.25, 0.3) is 0 Å². The Kier molecular flexibility index (Phi) is 4.19. The summed E-state index contributed by atoms with van der Waals surface area (Å²) in [4.78, 5) is 0. The van der Waals surface area contributed by atoms with Crippen LogP contribution in [0.1, 0.15) is 31.7 Å². The van der Waals surface area contributed by atoms with Crippen molar-refractivity contribution in [2.45, 2.75) is 57.0 Å². The molecule has 0 aromatic heterocycles. The van der Waals surface area contributed by atoms with E-state index in [1.165, 1.54) is 24.9 Å². The highest BCUT2D eigenvalue weighted by Crippen LogP contribution is 2.40. The molecular formula is C17H26OSi. The lowest BCUT2D eigenvalue weighted by Gasteiger charge is -2.43. The zero-order valence-electron chi connectivity index (χ0n) is 12.5. The lowest BCUT2D eigenvalue weighted by atomic mass is 9.96. The van der Waals surface area contributed by atoms with Gasteiger partial charge in [0, 0.05) is 0 Å². The van der Waals surface area contributed by atoms with Crippen molar-refractivity contribution in [2.24, 2.45) is 0 Å². The van der Waals surface area contributed by atoms with Gasteiger partial charge in [-0.15, -0.1) is 0 Å². The van der Waals surface area contributed by atoms with Crippen LogP contribution >= 0.6 is 0 Å². The zero-order valence-corrected chi connectivity index (χ0v) is 13.5. The number of rotatable bonds is 4. The van der Waals surface area contributed by atoms with Crippen LogP contribution < -0.4 is 4.74 Å². The fraction of sp³-hybridized carbons (Fsp3) is 0.529. The van der Waals surface area contributed by atoms with Gasteiger partial charge in [0.05, 0.1) is 8.07 Å². The summed E-state index contributed by atoms with van der Waals surface area (Å²) in [6, 6.07) is 11.1. The zero-order chi connectivity index (χ0) is 13.9. The van der Waals surface area contributed by atoms with Crippen molar-refractivity contribution in [1.82, 2.24) is 0 Å². The van der Waals surface area contributed by atoms with Crippen LogP contribution in [0.25, 0.3) is 6.08 Å². The largest absolute Gasteiger partial charge is 0.488 e. The van der Waals surface area contributed by atoms with Crippen molar-refractivity contribution < 1.29 is 4.74 Å². The summed E-state index contributed by atoms with van der Waals surface area (Å²) >= 11 is 0. The third kappa shape index (κ3) is 3.50. The van der Waals surface area contributed by atoms with Crippen LogP contribution in [0.3, 0.4) is 0 Å². The molecule has 1 aromatic carbocycles. The molecule has 1 nitrogen and oxygen atoms in total. The van der Waals surface area contributed by atoms with E-state index in [0.29, 0.717) is 0 Å². The van der Waals surface area contributed by atoms with E-state index in [2.05, 4.69) is 50.9 Å². The van der Waals surface area contributed by atoms with Crippen LogP contribution in [0, 0.1) is 0 Å². The quantitative estimate of drug-likeness (QED) is 0.672. The van der Waals surface area contributed by atoms with Crippen molar-refractivity contribution in [2.75, 3.05) is 0 Å². The molecule has 104 valence electrons. The van der Waals surface area contributed by atoms with Crippen molar-refractivity contribution in [3.8, 4) is 5.75 Å². The monoisotopic (exact) mass is 274 g/mol. The van der Waals surface area contributed by atoms with E-state index >= 15 is 0 Å². The summed E-state index contributed by atoms with van der Waals surface area (Å²) < 4.78 is 6.43. The Balaban J connectivity index is 2.15. The molecule has 1 aliphatic heterocycles. The summed E-state index contributed by atoms with van der Waals surface area (Å²) in [5, 5.41) is 0. The van der Waals surface area contributed by atoms with E-state index in [9.17, 15) is 0 Å². The van der Waals surface area contributed by atoms with E-state index in [-0.39, 0.29) is 5.60 Å². The minimum absolute atomic E-state index is 0.0870. The molecule has 2 rings (SSSR count). The molecule has 1 aromatic rings. The Bertz CT molecular complexity index is 435. The van der Waals surface area contributed by atoms with Crippen molar-refractivity contribution in [3.63, 3.8) is 0 Å². The second kappa shape index (κ2) is 5.54. The van der Waals surface area contributed by atoms with Crippen molar-refractivity contribution >= 4 is 14.1 Å². The van der Waals surface area contributed by atoms with Gasteiger partial charge in [-0.2, -0.15) is 0 Å².